The zero-order chi connectivity index (χ0) is 13.2. The van der Waals surface area contributed by atoms with Gasteiger partial charge in [0.1, 0.15) is 0 Å². The predicted octanol–water partition coefficient (Wildman–Crippen LogP) is 2.06. The second-order valence-electron chi connectivity index (χ2n) is 5.73. The van der Waals surface area contributed by atoms with Gasteiger partial charge in [0.2, 0.25) is 5.91 Å². The molecule has 19 heavy (non-hydrogen) atoms. The van der Waals surface area contributed by atoms with Crippen LogP contribution in [0.3, 0.4) is 0 Å². The third-order valence-corrected chi connectivity index (χ3v) is 4.31. The monoisotopic (exact) mass is 257 g/mol. The van der Waals surface area contributed by atoms with Crippen LogP contribution in [0, 0.1) is 12.0 Å². The summed E-state index contributed by atoms with van der Waals surface area (Å²) >= 11 is 0. The van der Waals surface area contributed by atoms with Crippen molar-refractivity contribution >= 4 is 5.91 Å². The van der Waals surface area contributed by atoms with Crippen LogP contribution in [0.25, 0.3) is 0 Å². The standard InChI is InChI=1S/C16H21N2O/c17-11-12-2-1-3-15(10-12)13-6-8-18(9-7-13)16(19)14-4-5-14/h1,3,10,13-14H,4-9,11,17H2. The number of piperidine rings is 1. The minimum atomic E-state index is 0.353. The molecule has 3 heteroatoms. The van der Waals surface area contributed by atoms with E-state index in [9.17, 15) is 4.79 Å². The van der Waals surface area contributed by atoms with Gasteiger partial charge in [0.15, 0.2) is 0 Å². The zero-order valence-corrected chi connectivity index (χ0v) is 11.3. The molecular weight excluding hydrogens is 236 g/mol. The SMILES string of the molecule is NCc1[c]ccc(C2CCN(C(=O)C3CC3)CC2)c1. The van der Waals surface area contributed by atoms with E-state index in [1.165, 1.54) is 5.56 Å². The fourth-order valence-electron chi connectivity index (χ4n) is 2.93. The van der Waals surface area contributed by atoms with Crippen LogP contribution in [0.2, 0.25) is 0 Å². The second kappa shape index (κ2) is 5.33. The first-order chi connectivity index (χ1) is 9.28. The fourth-order valence-corrected chi connectivity index (χ4v) is 2.93. The van der Waals surface area contributed by atoms with Crippen LogP contribution < -0.4 is 5.73 Å². The smallest absolute Gasteiger partial charge is 0.225 e. The number of hydrogen-bond acceptors (Lipinski definition) is 2. The minimum absolute atomic E-state index is 0.353. The third kappa shape index (κ3) is 2.81. The molecule has 0 spiro atoms. The van der Waals surface area contributed by atoms with Crippen molar-refractivity contribution < 1.29 is 4.79 Å². The number of rotatable bonds is 3. The van der Waals surface area contributed by atoms with E-state index in [-0.39, 0.29) is 0 Å². The molecule has 1 saturated carbocycles. The first kappa shape index (κ1) is 12.7. The van der Waals surface area contributed by atoms with Crippen molar-refractivity contribution in [3.8, 4) is 0 Å². The highest BCUT2D eigenvalue weighted by Gasteiger charge is 2.35. The van der Waals surface area contributed by atoms with Gasteiger partial charge in [-0.2, -0.15) is 0 Å². The Hall–Kier alpha value is -1.35. The van der Waals surface area contributed by atoms with Crippen LogP contribution in [0.4, 0.5) is 0 Å². The molecule has 1 amide bonds. The highest BCUT2D eigenvalue weighted by Crippen LogP contribution is 2.34. The van der Waals surface area contributed by atoms with Gasteiger partial charge in [0, 0.05) is 25.6 Å². The molecule has 2 N–H and O–H groups in total. The van der Waals surface area contributed by atoms with E-state index in [4.69, 9.17) is 5.73 Å². The van der Waals surface area contributed by atoms with Crippen molar-refractivity contribution in [2.45, 2.75) is 38.1 Å². The lowest BCUT2D eigenvalue weighted by Crippen LogP contribution is -2.38. The van der Waals surface area contributed by atoms with Gasteiger partial charge in [0.05, 0.1) is 0 Å². The Morgan fingerprint density at radius 1 is 1.32 bits per heavy atom. The Morgan fingerprint density at radius 2 is 2.05 bits per heavy atom. The largest absolute Gasteiger partial charge is 0.342 e. The molecule has 0 unspecified atom stereocenters. The number of amides is 1. The topological polar surface area (TPSA) is 46.3 Å². The molecule has 1 saturated heterocycles. The Morgan fingerprint density at radius 3 is 2.68 bits per heavy atom. The maximum absolute atomic E-state index is 12.0. The molecule has 3 nitrogen and oxygen atoms in total. The maximum atomic E-state index is 12.0. The molecular formula is C16H21N2O. The van der Waals surface area contributed by atoms with Gasteiger partial charge in [-0.05, 0) is 48.8 Å². The van der Waals surface area contributed by atoms with Crippen LogP contribution in [0.5, 0.6) is 0 Å². The summed E-state index contributed by atoms with van der Waals surface area (Å²) in [6.07, 6.45) is 4.36. The van der Waals surface area contributed by atoms with Gasteiger partial charge in [-0.15, -0.1) is 0 Å². The summed E-state index contributed by atoms with van der Waals surface area (Å²) in [5.41, 5.74) is 8.10. The Labute approximate surface area is 114 Å². The van der Waals surface area contributed by atoms with E-state index in [2.05, 4.69) is 23.1 Å². The average molecular weight is 257 g/mol. The van der Waals surface area contributed by atoms with Crippen LogP contribution in [-0.4, -0.2) is 23.9 Å². The lowest BCUT2D eigenvalue weighted by atomic mass is 9.88. The molecule has 101 valence electrons. The summed E-state index contributed by atoms with van der Waals surface area (Å²) in [6.45, 7) is 2.37. The van der Waals surface area contributed by atoms with Crippen LogP contribution in [0.1, 0.15) is 42.7 Å². The molecule has 2 aliphatic rings. The van der Waals surface area contributed by atoms with Crippen molar-refractivity contribution in [3.63, 3.8) is 0 Å². The molecule has 1 radical (unpaired) electrons. The lowest BCUT2D eigenvalue weighted by Gasteiger charge is -2.32. The number of benzene rings is 1. The number of carbonyl (C=O) groups is 1. The van der Waals surface area contributed by atoms with Crippen molar-refractivity contribution in [3.05, 3.63) is 35.4 Å². The Kier molecular flexibility index (Phi) is 3.56. The molecule has 0 bridgehead atoms. The van der Waals surface area contributed by atoms with Gasteiger partial charge >= 0.3 is 0 Å². The normalized spacial score (nSPS) is 20.6. The van der Waals surface area contributed by atoms with Gasteiger partial charge in [-0.3, -0.25) is 4.79 Å². The van der Waals surface area contributed by atoms with Crippen molar-refractivity contribution in [1.82, 2.24) is 4.90 Å². The first-order valence-corrected chi connectivity index (χ1v) is 7.27. The van der Waals surface area contributed by atoms with E-state index in [0.717, 1.165) is 44.3 Å². The van der Waals surface area contributed by atoms with Gasteiger partial charge in [-0.1, -0.05) is 18.2 Å². The Balaban J connectivity index is 1.61. The fraction of sp³-hybridized carbons (Fsp3) is 0.562. The van der Waals surface area contributed by atoms with Crippen LogP contribution in [-0.2, 0) is 11.3 Å². The number of hydrogen-bond donors (Lipinski definition) is 1. The summed E-state index contributed by atoms with van der Waals surface area (Å²) in [5, 5.41) is 0. The average Bonchev–Trinajstić information content (AvgIpc) is 3.31. The lowest BCUT2D eigenvalue weighted by molar-refractivity contribution is -0.133. The van der Waals surface area contributed by atoms with E-state index < -0.39 is 0 Å². The summed E-state index contributed by atoms with van der Waals surface area (Å²) < 4.78 is 0. The molecule has 0 aromatic heterocycles. The number of carbonyl (C=O) groups excluding carboxylic acids is 1. The molecule has 1 aromatic rings. The third-order valence-electron chi connectivity index (χ3n) is 4.31. The van der Waals surface area contributed by atoms with E-state index in [0.29, 0.717) is 24.3 Å². The van der Waals surface area contributed by atoms with Gasteiger partial charge < -0.3 is 10.6 Å². The van der Waals surface area contributed by atoms with Crippen molar-refractivity contribution in [2.24, 2.45) is 11.7 Å². The van der Waals surface area contributed by atoms with Gasteiger partial charge in [-0.25, -0.2) is 0 Å². The highest BCUT2D eigenvalue weighted by molar-refractivity contribution is 5.81. The molecule has 1 aromatic carbocycles. The molecule has 1 heterocycles. The minimum Gasteiger partial charge on any atom is -0.342 e. The predicted molar refractivity (Wildman–Crippen MR) is 74.4 cm³/mol. The number of nitrogens with two attached hydrogens (primary N) is 1. The molecule has 1 aliphatic heterocycles. The van der Waals surface area contributed by atoms with Crippen molar-refractivity contribution in [1.29, 1.82) is 0 Å². The zero-order valence-electron chi connectivity index (χ0n) is 11.3. The maximum Gasteiger partial charge on any atom is 0.225 e. The summed E-state index contributed by atoms with van der Waals surface area (Å²) in [4.78, 5) is 14.1. The highest BCUT2D eigenvalue weighted by atomic mass is 16.2. The van der Waals surface area contributed by atoms with Crippen molar-refractivity contribution in [2.75, 3.05) is 13.1 Å². The summed E-state index contributed by atoms with van der Waals surface area (Å²) in [7, 11) is 0. The molecule has 2 fully saturated rings. The molecule has 0 atom stereocenters. The second-order valence-corrected chi connectivity index (χ2v) is 5.73. The first-order valence-electron chi connectivity index (χ1n) is 7.27. The quantitative estimate of drug-likeness (QED) is 0.901. The van der Waals surface area contributed by atoms with Crippen LogP contribution >= 0.6 is 0 Å². The van der Waals surface area contributed by atoms with Crippen LogP contribution in [0.15, 0.2) is 18.2 Å². The number of likely N-dealkylation sites (tertiary alicyclic amines) is 1. The number of nitrogens with zero attached hydrogens (tertiary/aromatic N) is 1. The summed E-state index contributed by atoms with van der Waals surface area (Å²) in [5.74, 6) is 1.32. The molecule has 3 rings (SSSR count). The van der Waals surface area contributed by atoms with Gasteiger partial charge in [0.25, 0.3) is 0 Å². The molecule has 1 aliphatic carbocycles. The van der Waals surface area contributed by atoms with E-state index in [1.54, 1.807) is 0 Å². The summed E-state index contributed by atoms with van der Waals surface area (Å²) in [6, 6.07) is 9.44. The van der Waals surface area contributed by atoms with E-state index in [1.807, 2.05) is 6.07 Å². The van der Waals surface area contributed by atoms with E-state index >= 15 is 0 Å². The Bertz CT molecular complexity index is 460.